The number of carbonyl (C=O) groups is 1. The zero-order valence-corrected chi connectivity index (χ0v) is 13.8. The molecule has 3 N–H and O–H groups in total. The van der Waals surface area contributed by atoms with Gasteiger partial charge in [0.25, 0.3) is 5.91 Å². The van der Waals surface area contributed by atoms with E-state index in [1.807, 2.05) is 24.3 Å². The molecule has 0 saturated heterocycles. The van der Waals surface area contributed by atoms with E-state index in [1.54, 1.807) is 0 Å². The number of halogens is 1. The maximum absolute atomic E-state index is 12.2. The zero-order chi connectivity index (χ0) is 16.4. The molecule has 0 radical (unpaired) electrons. The predicted molar refractivity (Wildman–Crippen MR) is 90.5 cm³/mol. The number of amidine groups is 1. The van der Waals surface area contributed by atoms with E-state index < -0.39 is 11.6 Å². The summed E-state index contributed by atoms with van der Waals surface area (Å²) in [7, 11) is 0. The minimum absolute atomic E-state index is 0.206. The first-order valence-corrected chi connectivity index (χ1v) is 8.00. The van der Waals surface area contributed by atoms with Crippen molar-refractivity contribution in [3.05, 3.63) is 62.7 Å². The predicted octanol–water partition coefficient (Wildman–Crippen LogP) is 2.15. The van der Waals surface area contributed by atoms with Crippen molar-refractivity contribution in [3.63, 3.8) is 0 Å². The van der Waals surface area contributed by atoms with E-state index in [0.29, 0.717) is 5.84 Å². The SMILES string of the molecule is NC(=NC(=O)c1cnc(=O)[nH]c1)C1(c2ccc(Br)cc2)CCC1. The molecule has 1 aliphatic carbocycles. The molecule has 0 atom stereocenters. The lowest BCUT2D eigenvalue weighted by molar-refractivity contribution is 0.1000. The number of aromatic nitrogens is 2. The average molecular weight is 375 g/mol. The minimum atomic E-state index is -0.510. The molecule has 1 heterocycles. The van der Waals surface area contributed by atoms with Crippen LogP contribution >= 0.6 is 15.9 Å². The third-order valence-electron chi connectivity index (χ3n) is 4.24. The van der Waals surface area contributed by atoms with E-state index in [0.717, 1.165) is 29.3 Å². The molecule has 1 aromatic heterocycles. The zero-order valence-electron chi connectivity index (χ0n) is 12.3. The van der Waals surface area contributed by atoms with Crippen molar-refractivity contribution in [3.8, 4) is 0 Å². The molecular formula is C16H15BrN4O2. The topological polar surface area (TPSA) is 101 Å². The third-order valence-corrected chi connectivity index (χ3v) is 4.76. The van der Waals surface area contributed by atoms with Gasteiger partial charge in [0, 0.05) is 16.9 Å². The number of aliphatic imine (C=N–C) groups is 1. The second-order valence-electron chi connectivity index (χ2n) is 5.55. The molecule has 6 nitrogen and oxygen atoms in total. The van der Waals surface area contributed by atoms with E-state index in [2.05, 4.69) is 30.9 Å². The molecule has 0 unspecified atom stereocenters. The largest absolute Gasteiger partial charge is 0.386 e. The van der Waals surface area contributed by atoms with Crippen LogP contribution in [0.1, 0.15) is 35.2 Å². The molecule has 0 spiro atoms. The van der Waals surface area contributed by atoms with Crippen molar-refractivity contribution >= 4 is 27.7 Å². The number of hydrogen-bond donors (Lipinski definition) is 2. The second-order valence-corrected chi connectivity index (χ2v) is 6.47. The Morgan fingerprint density at radius 3 is 2.52 bits per heavy atom. The van der Waals surface area contributed by atoms with Crippen molar-refractivity contribution in [1.82, 2.24) is 9.97 Å². The highest BCUT2D eigenvalue weighted by Crippen LogP contribution is 2.44. The summed E-state index contributed by atoms with van der Waals surface area (Å²) in [6.45, 7) is 0. The van der Waals surface area contributed by atoms with E-state index >= 15 is 0 Å². The maximum atomic E-state index is 12.2. The Bertz CT molecular complexity index is 802. The molecule has 23 heavy (non-hydrogen) atoms. The van der Waals surface area contributed by atoms with Crippen LogP contribution in [0, 0.1) is 0 Å². The second kappa shape index (κ2) is 6.08. The highest BCUT2D eigenvalue weighted by Gasteiger charge is 2.42. The number of H-pyrrole nitrogens is 1. The number of nitrogens with zero attached hydrogens (tertiary/aromatic N) is 2. The van der Waals surface area contributed by atoms with E-state index in [9.17, 15) is 9.59 Å². The average Bonchev–Trinajstić information content (AvgIpc) is 2.48. The summed E-state index contributed by atoms with van der Waals surface area (Å²) in [5.74, 6) is -0.197. The molecule has 1 amide bonds. The van der Waals surface area contributed by atoms with Crippen LogP contribution in [0.4, 0.5) is 0 Å². The van der Waals surface area contributed by atoms with Crippen molar-refractivity contribution < 1.29 is 4.79 Å². The Kier molecular flexibility index (Phi) is 4.12. The molecule has 118 valence electrons. The number of aromatic amines is 1. The van der Waals surface area contributed by atoms with E-state index in [-0.39, 0.29) is 11.0 Å². The van der Waals surface area contributed by atoms with Gasteiger partial charge in [-0.3, -0.25) is 4.79 Å². The van der Waals surface area contributed by atoms with Gasteiger partial charge in [-0.05, 0) is 30.5 Å². The standard InChI is InChI=1S/C16H15BrN4O2/c17-12-4-2-11(3-5-12)16(6-1-7-16)14(18)21-13(22)10-8-19-15(23)20-9-10/h2-5,8-9H,1,6-7H2,(H2,18,21,22)(H,19,20,23). The smallest absolute Gasteiger partial charge is 0.344 e. The first-order valence-electron chi connectivity index (χ1n) is 7.21. The van der Waals surface area contributed by atoms with Crippen molar-refractivity contribution in [2.75, 3.05) is 0 Å². The Hall–Kier alpha value is -2.28. The Labute approximate surface area is 141 Å². The minimum Gasteiger partial charge on any atom is -0.386 e. The lowest BCUT2D eigenvalue weighted by atomic mass is 9.63. The number of nitrogens with two attached hydrogens (primary N) is 1. The molecular weight excluding hydrogens is 360 g/mol. The van der Waals surface area contributed by atoms with Crippen molar-refractivity contribution in [2.24, 2.45) is 10.7 Å². The molecule has 7 heteroatoms. The van der Waals surface area contributed by atoms with Crippen LogP contribution in [0.25, 0.3) is 0 Å². The normalized spacial score (nSPS) is 16.7. The molecule has 1 aromatic carbocycles. The van der Waals surface area contributed by atoms with Gasteiger partial charge < -0.3 is 10.7 Å². The van der Waals surface area contributed by atoms with Gasteiger partial charge in [-0.2, -0.15) is 4.99 Å². The van der Waals surface area contributed by atoms with Gasteiger partial charge in [-0.15, -0.1) is 0 Å². The summed E-state index contributed by atoms with van der Waals surface area (Å²) in [6, 6.07) is 7.90. The Morgan fingerprint density at radius 2 is 2.00 bits per heavy atom. The molecule has 1 fully saturated rings. The molecule has 2 aromatic rings. The summed E-state index contributed by atoms with van der Waals surface area (Å²) < 4.78 is 0.988. The quantitative estimate of drug-likeness (QED) is 0.634. The molecule has 1 aliphatic rings. The number of hydrogen-bond acceptors (Lipinski definition) is 3. The third kappa shape index (κ3) is 2.96. The molecule has 0 aliphatic heterocycles. The summed E-state index contributed by atoms with van der Waals surface area (Å²) >= 11 is 3.41. The Morgan fingerprint density at radius 1 is 1.30 bits per heavy atom. The van der Waals surface area contributed by atoms with Gasteiger partial charge in [0.05, 0.1) is 11.0 Å². The summed E-state index contributed by atoms with van der Waals surface area (Å²) in [4.78, 5) is 33.1. The van der Waals surface area contributed by atoms with Gasteiger partial charge in [-0.1, -0.05) is 34.5 Å². The van der Waals surface area contributed by atoms with Crippen LogP contribution in [0.2, 0.25) is 0 Å². The van der Waals surface area contributed by atoms with Gasteiger partial charge in [0.15, 0.2) is 0 Å². The van der Waals surface area contributed by atoms with Crippen LogP contribution in [0.5, 0.6) is 0 Å². The van der Waals surface area contributed by atoms with E-state index in [1.165, 1.54) is 12.4 Å². The summed E-state index contributed by atoms with van der Waals surface area (Å²) in [5.41, 5.74) is 6.55. The van der Waals surface area contributed by atoms with Gasteiger partial charge >= 0.3 is 5.69 Å². The lowest BCUT2D eigenvalue weighted by Crippen LogP contribution is -2.47. The number of rotatable bonds is 3. The fourth-order valence-electron chi connectivity index (χ4n) is 2.73. The van der Waals surface area contributed by atoms with Crippen LogP contribution < -0.4 is 11.4 Å². The highest BCUT2D eigenvalue weighted by molar-refractivity contribution is 9.10. The monoisotopic (exact) mass is 374 g/mol. The number of carbonyl (C=O) groups excluding carboxylic acids is 1. The number of amides is 1. The van der Waals surface area contributed by atoms with Gasteiger partial charge in [-0.25, -0.2) is 9.78 Å². The highest BCUT2D eigenvalue weighted by atomic mass is 79.9. The fraction of sp³-hybridized carbons (Fsp3) is 0.250. The fourth-order valence-corrected chi connectivity index (χ4v) is 3.00. The van der Waals surface area contributed by atoms with E-state index in [4.69, 9.17) is 5.73 Å². The van der Waals surface area contributed by atoms with Gasteiger partial charge in [0.1, 0.15) is 5.84 Å². The maximum Gasteiger partial charge on any atom is 0.344 e. The van der Waals surface area contributed by atoms with Crippen LogP contribution in [0.3, 0.4) is 0 Å². The summed E-state index contributed by atoms with van der Waals surface area (Å²) in [5, 5.41) is 0. The lowest BCUT2D eigenvalue weighted by Gasteiger charge is -2.41. The number of benzene rings is 1. The molecule has 1 saturated carbocycles. The van der Waals surface area contributed by atoms with Crippen LogP contribution in [-0.4, -0.2) is 21.7 Å². The summed E-state index contributed by atoms with van der Waals surface area (Å²) in [6.07, 6.45) is 5.26. The van der Waals surface area contributed by atoms with Crippen molar-refractivity contribution in [2.45, 2.75) is 24.7 Å². The van der Waals surface area contributed by atoms with Crippen LogP contribution in [-0.2, 0) is 5.41 Å². The van der Waals surface area contributed by atoms with Crippen LogP contribution in [0.15, 0.2) is 50.9 Å². The molecule has 3 rings (SSSR count). The number of nitrogens with one attached hydrogen (secondary N) is 1. The first kappa shape index (κ1) is 15.6. The first-order chi connectivity index (χ1) is 11.0. The van der Waals surface area contributed by atoms with Gasteiger partial charge in [0.2, 0.25) is 0 Å². The molecule has 0 bridgehead atoms. The van der Waals surface area contributed by atoms with Crippen molar-refractivity contribution in [1.29, 1.82) is 0 Å². The Balaban J connectivity index is 1.91.